The van der Waals surface area contributed by atoms with Gasteiger partial charge in [-0.3, -0.25) is 0 Å². The molecule has 1 atom stereocenters. The van der Waals surface area contributed by atoms with Gasteiger partial charge in [-0.1, -0.05) is 40.5 Å². The van der Waals surface area contributed by atoms with E-state index in [0.717, 1.165) is 19.8 Å². The summed E-state index contributed by atoms with van der Waals surface area (Å²) in [7, 11) is 0. The van der Waals surface area contributed by atoms with Crippen molar-refractivity contribution in [2.24, 2.45) is 5.92 Å². The van der Waals surface area contributed by atoms with Crippen molar-refractivity contribution in [3.63, 3.8) is 0 Å². The standard InChI is InChI=1S/C13H29NO/c1-5-7-8-13(6-2)14-9-10-15-11-12(3)4/h12-14H,5-11H2,1-4H3. The zero-order valence-corrected chi connectivity index (χ0v) is 11.0. The molecule has 0 heterocycles. The highest BCUT2D eigenvalue weighted by Gasteiger charge is 2.03. The number of rotatable bonds is 10. The third kappa shape index (κ3) is 10.2. The van der Waals surface area contributed by atoms with Gasteiger partial charge in [0.1, 0.15) is 0 Å². The first kappa shape index (κ1) is 14.9. The minimum Gasteiger partial charge on any atom is -0.380 e. The molecule has 0 fully saturated rings. The molecule has 1 N–H and O–H groups in total. The molecule has 0 rings (SSSR count). The Bertz CT molecular complexity index is 126. The van der Waals surface area contributed by atoms with Crippen LogP contribution < -0.4 is 5.32 Å². The van der Waals surface area contributed by atoms with Crippen molar-refractivity contribution in [1.82, 2.24) is 5.32 Å². The SMILES string of the molecule is CCCCC(CC)NCCOCC(C)C. The molecule has 0 aliphatic heterocycles. The van der Waals surface area contributed by atoms with E-state index in [0.29, 0.717) is 12.0 Å². The first-order valence-corrected chi connectivity index (χ1v) is 6.51. The van der Waals surface area contributed by atoms with Gasteiger partial charge in [0.2, 0.25) is 0 Å². The third-order valence-electron chi connectivity index (χ3n) is 2.53. The van der Waals surface area contributed by atoms with E-state index in [-0.39, 0.29) is 0 Å². The number of unbranched alkanes of at least 4 members (excludes halogenated alkanes) is 1. The van der Waals surface area contributed by atoms with Crippen molar-refractivity contribution >= 4 is 0 Å². The molecule has 0 amide bonds. The second-order valence-corrected chi connectivity index (χ2v) is 4.67. The normalized spacial score (nSPS) is 13.4. The van der Waals surface area contributed by atoms with E-state index in [9.17, 15) is 0 Å². The van der Waals surface area contributed by atoms with Gasteiger partial charge in [0.05, 0.1) is 6.61 Å². The van der Waals surface area contributed by atoms with E-state index < -0.39 is 0 Å². The monoisotopic (exact) mass is 215 g/mol. The van der Waals surface area contributed by atoms with E-state index in [1.165, 1.54) is 25.7 Å². The van der Waals surface area contributed by atoms with Crippen molar-refractivity contribution in [1.29, 1.82) is 0 Å². The van der Waals surface area contributed by atoms with Gasteiger partial charge in [0.25, 0.3) is 0 Å². The average Bonchev–Trinajstić information content (AvgIpc) is 2.21. The molecule has 0 aliphatic rings. The zero-order valence-electron chi connectivity index (χ0n) is 11.0. The molecular weight excluding hydrogens is 186 g/mol. The summed E-state index contributed by atoms with van der Waals surface area (Å²) in [5.74, 6) is 0.645. The van der Waals surface area contributed by atoms with Gasteiger partial charge in [-0.25, -0.2) is 0 Å². The second kappa shape index (κ2) is 10.4. The number of hydrogen-bond donors (Lipinski definition) is 1. The molecule has 2 nitrogen and oxygen atoms in total. The summed E-state index contributed by atoms with van der Waals surface area (Å²) in [6.45, 7) is 11.6. The fourth-order valence-corrected chi connectivity index (χ4v) is 1.56. The lowest BCUT2D eigenvalue weighted by atomic mass is 10.1. The van der Waals surface area contributed by atoms with Crippen molar-refractivity contribution < 1.29 is 4.74 Å². The highest BCUT2D eigenvalue weighted by atomic mass is 16.5. The Hall–Kier alpha value is -0.0800. The topological polar surface area (TPSA) is 21.3 Å². The quantitative estimate of drug-likeness (QED) is 0.565. The molecule has 15 heavy (non-hydrogen) atoms. The molecule has 0 bridgehead atoms. The third-order valence-corrected chi connectivity index (χ3v) is 2.53. The minimum atomic E-state index is 0.645. The minimum absolute atomic E-state index is 0.645. The van der Waals surface area contributed by atoms with Crippen LogP contribution in [0.2, 0.25) is 0 Å². The van der Waals surface area contributed by atoms with Gasteiger partial charge >= 0.3 is 0 Å². The van der Waals surface area contributed by atoms with Gasteiger partial charge in [0.15, 0.2) is 0 Å². The molecule has 1 unspecified atom stereocenters. The molecule has 0 aliphatic carbocycles. The van der Waals surface area contributed by atoms with Crippen LogP contribution in [0.15, 0.2) is 0 Å². The van der Waals surface area contributed by atoms with Crippen molar-refractivity contribution in [3.8, 4) is 0 Å². The smallest absolute Gasteiger partial charge is 0.0591 e. The van der Waals surface area contributed by atoms with Gasteiger partial charge < -0.3 is 10.1 Å². The van der Waals surface area contributed by atoms with Gasteiger partial charge in [0, 0.05) is 19.2 Å². The molecule has 0 aromatic rings. The van der Waals surface area contributed by atoms with E-state index in [1.807, 2.05) is 0 Å². The molecule has 0 radical (unpaired) electrons. The first-order chi connectivity index (χ1) is 7.20. The van der Waals surface area contributed by atoms with Crippen molar-refractivity contribution in [2.75, 3.05) is 19.8 Å². The molecule has 0 aromatic carbocycles. The van der Waals surface area contributed by atoms with E-state index in [2.05, 4.69) is 33.0 Å². The summed E-state index contributed by atoms with van der Waals surface area (Å²) in [6.07, 6.45) is 5.15. The number of nitrogens with one attached hydrogen (secondary N) is 1. The molecule has 0 saturated carbocycles. The maximum Gasteiger partial charge on any atom is 0.0591 e. The second-order valence-electron chi connectivity index (χ2n) is 4.67. The van der Waals surface area contributed by atoms with E-state index in [4.69, 9.17) is 4.74 Å². The first-order valence-electron chi connectivity index (χ1n) is 6.51. The molecule has 2 heteroatoms. The Balaban J connectivity index is 3.30. The van der Waals surface area contributed by atoms with Crippen LogP contribution in [0.3, 0.4) is 0 Å². The zero-order chi connectivity index (χ0) is 11.5. The van der Waals surface area contributed by atoms with Crippen LogP contribution in [0.25, 0.3) is 0 Å². The van der Waals surface area contributed by atoms with Crippen LogP contribution in [0, 0.1) is 5.92 Å². The van der Waals surface area contributed by atoms with Gasteiger partial charge in [-0.05, 0) is 18.8 Å². The predicted octanol–water partition coefficient (Wildman–Crippen LogP) is 3.22. The molecule has 92 valence electrons. The van der Waals surface area contributed by atoms with Crippen LogP contribution in [-0.4, -0.2) is 25.8 Å². The predicted molar refractivity (Wildman–Crippen MR) is 67.3 cm³/mol. The van der Waals surface area contributed by atoms with Crippen LogP contribution in [0.4, 0.5) is 0 Å². The Morgan fingerprint density at radius 3 is 2.47 bits per heavy atom. The van der Waals surface area contributed by atoms with E-state index in [1.54, 1.807) is 0 Å². The van der Waals surface area contributed by atoms with Crippen LogP contribution >= 0.6 is 0 Å². The lowest BCUT2D eigenvalue weighted by molar-refractivity contribution is 0.109. The molecule has 0 aromatic heterocycles. The summed E-state index contributed by atoms with van der Waals surface area (Å²) in [6, 6.07) is 0.688. The molecule has 0 saturated heterocycles. The number of ether oxygens (including phenoxy) is 1. The summed E-state index contributed by atoms with van der Waals surface area (Å²) < 4.78 is 5.53. The largest absolute Gasteiger partial charge is 0.380 e. The van der Waals surface area contributed by atoms with Gasteiger partial charge in [-0.2, -0.15) is 0 Å². The van der Waals surface area contributed by atoms with Crippen LogP contribution in [-0.2, 0) is 4.74 Å². The van der Waals surface area contributed by atoms with Crippen LogP contribution in [0.5, 0.6) is 0 Å². The molecule has 0 spiro atoms. The summed E-state index contributed by atoms with van der Waals surface area (Å²) >= 11 is 0. The maximum atomic E-state index is 5.53. The van der Waals surface area contributed by atoms with Gasteiger partial charge in [-0.15, -0.1) is 0 Å². The Labute approximate surface area is 95.8 Å². The maximum absolute atomic E-state index is 5.53. The average molecular weight is 215 g/mol. The summed E-state index contributed by atoms with van der Waals surface area (Å²) in [5, 5.41) is 3.55. The lowest BCUT2D eigenvalue weighted by Gasteiger charge is -2.16. The van der Waals surface area contributed by atoms with Crippen molar-refractivity contribution in [2.45, 2.75) is 59.4 Å². The molecular formula is C13H29NO. The summed E-state index contributed by atoms with van der Waals surface area (Å²) in [4.78, 5) is 0. The highest BCUT2D eigenvalue weighted by molar-refractivity contribution is 4.64. The Morgan fingerprint density at radius 1 is 1.20 bits per heavy atom. The van der Waals surface area contributed by atoms with Crippen LogP contribution in [0.1, 0.15) is 53.4 Å². The number of hydrogen-bond acceptors (Lipinski definition) is 2. The summed E-state index contributed by atoms with van der Waals surface area (Å²) in [5.41, 5.74) is 0. The fraction of sp³-hybridized carbons (Fsp3) is 1.00. The lowest BCUT2D eigenvalue weighted by Crippen LogP contribution is -2.31. The Morgan fingerprint density at radius 2 is 1.93 bits per heavy atom. The highest BCUT2D eigenvalue weighted by Crippen LogP contribution is 2.03. The Kier molecular flexibility index (Phi) is 10.4. The van der Waals surface area contributed by atoms with E-state index >= 15 is 0 Å². The van der Waals surface area contributed by atoms with Crippen molar-refractivity contribution in [3.05, 3.63) is 0 Å². The fourth-order valence-electron chi connectivity index (χ4n) is 1.56.